The first-order chi connectivity index (χ1) is 28.7. The molecule has 2 saturated heterocycles. The van der Waals surface area contributed by atoms with Gasteiger partial charge in [-0.25, -0.2) is 15.6 Å². The molecule has 1 spiro atoms. The number of allylic oxidation sites excluding steroid dienone is 1. The maximum atomic E-state index is 13.3. The molecule has 17 nitrogen and oxygen atoms in total. The van der Waals surface area contributed by atoms with Crippen LogP contribution in [0.1, 0.15) is 72.8 Å². The van der Waals surface area contributed by atoms with Crippen molar-refractivity contribution in [1.29, 1.82) is 0 Å². The van der Waals surface area contributed by atoms with Crippen LogP contribution >= 0.6 is 0 Å². The molecule has 60 heavy (non-hydrogen) atoms. The van der Waals surface area contributed by atoms with Gasteiger partial charge in [-0.05, 0) is 64.9 Å². The number of ketones is 1. The second kappa shape index (κ2) is 23.9. The van der Waals surface area contributed by atoms with E-state index in [-0.39, 0.29) is 87.1 Å². The van der Waals surface area contributed by atoms with Gasteiger partial charge in [-0.15, -0.1) is 0 Å². The lowest BCUT2D eigenvalue weighted by Gasteiger charge is -2.42. The minimum Gasteiger partial charge on any atom is -0.443 e. The Kier molecular flexibility index (Phi) is 19.4. The summed E-state index contributed by atoms with van der Waals surface area (Å²) in [7, 11) is 1.65. The molecule has 17 heteroatoms. The Labute approximate surface area is 354 Å². The molecule has 1 aliphatic carbocycles. The van der Waals surface area contributed by atoms with Crippen molar-refractivity contribution >= 4 is 29.6 Å². The Bertz CT molecular complexity index is 1590. The second-order valence-corrected chi connectivity index (χ2v) is 16.7. The average Bonchev–Trinajstić information content (AvgIpc) is 4.13. The molecule has 2 heterocycles. The highest BCUT2D eigenvalue weighted by atomic mass is 16.6. The number of benzene rings is 1. The standard InChI is InChI=1S/C43H68N6O11/c1-28(2)13-14-35-42(6,60-35)38-37(55-7)34(15-16-43(38)27-58-43)59-41(54)45-18-20-57-22-21-56-19-17-44-36(51)26-47-49-33(23-29(3)4)40(53)48-32(39(52)46-25-30(5)50)24-31-11-9-8-10-12-31/h8-13,29,32-35,37-38,47,49H,14-27H2,1-7H3,(H,44,51)(H,45,54)(H,46,52)(H,48,53)/t32-,33-,34?,35+,37?,38?,42?,43-/m0/s1. The summed E-state index contributed by atoms with van der Waals surface area (Å²) in [6, 6.07) is 7.63. The topological polar surface area (TPSA) is 220 Å². The van der Waals surface area contributed by atoms with Gasteiger partial charge in [0.1, 0.15) is 41.3 Å². The fourth-order valence-corrected chi connectivity index (χ4v) is 7.75. The molecular weight excluding hydrogens is 777 g/mol. The largest absolute Gasteiger partial charge is 0.443 e. The molecule has 8 atom stereocenters. The molecule has 4 unspecified atom stereocenters. The molecule has 1 aromatic rings. The van der Waals surface area contributed by atoms with Crippen molar-refractivity contribution in [3.05, 3.63) is 47.5 Å². The first-order valence-electron chi connectivity index (χ1n) is 21.1. The molecule has 1 aromatic carbocycles. The van der Waals surface area contributed by atoms with E-state index in [2.05, 4.69) is 59.0 Å². The van der Waals surface area contributed by atoms with E-state index in [9.17, 15) is 24.0 Å². The number of carbonyl (C=O) groups excluding carboxylic acids is 5. The van der Waals surface area contributed by atoms with Crippen LogP contribution in [-0.2, 0) is 54.0 Å². The van der Waals surface area contributed by atoms with Crippen LogP contribution in [0.15, 0.2) is 42.0 Å². The van der Waals surface area contributed by atoms with Crippen molar-refractivity contribution in [1.82, 2.24) is 32.1 Å². The van der Waals surface area contributed by atoms with E-state index in [4.69, 9.17) is 28.4 Å². The van der Waals surface area contributed by atoms with Crippen molar-refractivity contribution in [2.45, 2.75) is 115 Å². The van der Waals surface area contributed by atoms with E-state index in [0.717, 1.165) is 18.4 Å². The number of hydrazine groups is 1. The van der Waals surface area contributed by atoms with Crippen molar-refractivity contribution in [2.75, 3.05) is 66.3 Å². The summed E-state index contributed by atoms with van der Waals surface area (Å²) < 4.78 is 35.2. The van der Waals surface area contributed by atoms with Gasteiger partial charge in [-0.1, -0.05) is 55.8 Å². The number of hydrogen-bond acceptors (Lipinski definition) is 13. The number of Topliss-reactive ketones (excluding diaryl/α,β-unsaturated/α-hetero) is 1. The van der Waals surface area contributed by atoms with Crippen molar-refractivity contribution in [3.8, 4) is 0 Å². The van der Waals surface area contributed by atoms with E-state index in [1.54, 1.807) is 7.11 Å². The maximum Gasteiger partial charge on any atom is 0.407 e. The Morgan fingerprint density at radius 1 is 0.900 bits per heavy atom. The lowest BCUT2D eigenvalue weighted by molar-refractivity contribution is -0.131. The van der Waals surface area contributed by atoms with E-state index < -0.39 is 41.7 Å². The molecule has 4 amide bonds. The third-order valence-corrected chi connectivity index (χ3v) is 10.9. The first kappa shape index (κ1) is 48.7. The summed E-state index contributed by atoms with van der Waals surface area (Å²) >= 11 is 0. The van der Waals surface area contributed by atoms with Crippen LogP contribution in [0, 0.1) is 11.8 Å². The van der Waals surface area contributed by atoms with Gasteiger partial charge >= 0.3 is 6.09 Å². The Hall–Kier alpha value is -3.97. The predicted molar refractivity (Wildman–Crippen MR) is 223 cm³/mol. The minimum absolute atomic E-state index is 0.0523. The van der Waals surface area contributed by atoms with Crippen LogP contribution in [0.2, 0.25) is 0 Å². The normalized spacial score (nSPS) is 25.1. The van der Waals surface area contributed by atoms with Gasteiger partial charge in [0, 0.05) is 26.6 Å². The van der Waals surface area contributed by atoms with Crippen LogP contribution in [0.3, 0.4) is 0 Å². The molecule has 2 aliphatic heterocycles. The van der Waals surface area contributed by atoms with E-state index in [0.29, 0.717) is 32.7 Å². The molecule has 0 bridgehead atoms. The van der Waals surface area contributed by atoms with Crippen molar-refractivity contribution in [3.63, 3.8) is 0 Å². The smallest absolute Gasteiger partial charge is 0.407 e. The fraction of sp³-hybridized carbons (Fsp3) is 0.698. The summed E-state index contributed by atoms with van der Waals surface area (Å²) in [6.45, 7) is 13.6. The van der Waals surface area contributed by atoms with Gasteiger partial charge in [-0.3, -0.25) is 19.2 Å². The second-order valence-electron chi connectivity index (χ2n) is 16.7. The van der Waals surface area contributed by atoms with Gasteiger partial charge < -0.3 is 49.7 Å². The van der Waals surface area contributed by atoms with E-state index in [1.165, 1.54) is 12.5 Å². The Morgan fingerprint density at radius 3 is 2.20 bits per heavy atom. The third kappa shape index (κ3) is 15.5. The maximum absolute atomic E-state index is 13.3. The molecule has 0 aromatic heterocycles. The van der Waals surface area contributed by atoms with Gasteiger partial charge in [0.25, 0.3) is 0 Å². The fourth-order valence-electron chi connectivity index (χ4n) is 7.75. The number of amides is 4. The van der Waals surface area contributed by atoms with Crippen molar-refractivity contribution < 1.29 is 52.4 Å². The first-order valence-corrected chi connectivity index (χ1v) is 21.1. The lowest BCUT2D eigenvalue weighted by Crippen LogP contribution is -2.57. The number of nitrogens with one attached hydrogen (secondary N) is 6. The average molecular weight is 845 g/mol. The molecule has 3 fully saturated rings. The van der Waals surface area contributed by atoms with Crippen LogP contribution in [0.25, 0.3) is 0 Å². The zero-order chi connectivity index (χ0) is 43.7. The van der Waals surface area contributed by atoms with E-state index >= 15 is 0 Å². The number of alkyl carbamates (subject to hydrolysis) is 1. The molecule has 3 aliphatic rings. The molecular formula is C43H68N6O11. The number of hydrogen-bond donors (Lipinski definition) is 6. The Balaban J connectivity index is 1.06. The summed E-state index contributed by atoms with van der Waals surface area (Å²) in [5.74, 6) is -1.31. The molecule has 1 saturated carbocycles. The monoisotopic (exact) mass is 844 g/mol. The van der Waals surface area contributed by atoms with Crippen LogP contribution in [0.5, 0.6) is 0 Å². The zero-order valence-electron chi connectivity index (χ0n) is 36.4. The number of rotatable bonds is 27. The number of epoxide rings is 2. The lowest BCUT2D eigenvalue weighted by atomic mass is 9.68. The zero-order valence-corrected chi connectivity index (χ0v) is 36.4. The quantitative estimate of drug-likeness (QED) is 0.0323. The highest BCUT2D eigenvalue weighted by molar-refractivity contribution is 5.92. The van der Waals surface area contributed by atoms with Crippen LogP contribution < -0.4 is 32.1 Å². The van der Waals surface area contributed by atoms with Gasteiger partial charge in [0.15, 0.2) is 0 Å². The highest BCUT2D eigenvalue weighted by Crippen LogP contribution is 2.59. The van der Waals surface area contributed by atoms with E-state index in [1.807, 2.05) is 44.2 Å². The van der Waals surface area contributed by atoms with Gasteiger partial charge in [0.05, 0.1) is 58.1 Å². The summed E-state index contributed by atoms with van der Waals surface area (Å²) in [6.07, 6.45) is 3.85. The minimum atomic E-state index is -0.904. The summed E-state index contributed by atoms with van der Waals surface area (Å²) in [5.41, 5.74) is 7.13. The van der Waals surface area contributed by atoms with Crippen LogP contribution in [-0.4, -0.2) is 138 Å². The van der Waals surface area contributed by atoms with Crippen LogP contribution in [0.4, 0.5) is 4.79 Å². The number of ether oxygens (including phenoxy) is 6. The number of methoxy groups -OCH3 is 1. The highest BCUT2D eigenvalue weighted by Gasteiger charge is 2.72. The molecule has 0 radical (unpaired) electrons. The summed E-state index contributed by atoms with van der Waals surface area (Å²) in [5, 5.41) is 10.9. The van der Waals surface area contributed by atoms with Crippen molar-refractivity contribution in [2.24, 2.45) is 11.8 Å². The van der Waals surface area contributed by atoms with Gasteiger partial charge in [-0.2, -0.15) is 0 Å². The van der Waals surface area contributed by atoms with Gasteiger partial charge in [0.2, 0.25) is 17.7 Å². The summed E-state index contributed by atoms with van der Waals surface area (Å²) in [4.78, 5) is 62.9. The number of carbonyl (C=O) groups is 5. The predicted octanol–water partition coefficient (Wildman–Crippen LogP) is 1.88. The third-order valence-electron chi connectivity index (χ3n) is 10.9. The molecule has 336 valence electrons. The SMILES string of the molecule is COC1C(OC(=O)NCCOCCOCCNC(=O)CNN[C@@H](CC(C)C)C(=O)N[C@@H](Cc2ccccc2)C(=O)NCC(C)=O)CC[C@]2(CO2)C1C1(C)O[C@@H]1CC=C(C)C. The molecule has 6 N–H and O–H groups in total. The Morgan fingerprint density at radius 2 is 1.58 bits per heavy atom. The molecule has 4 rings (SSSR count).